The fourth-order valence-corrected chi connectivity index (χ4v) is 3.69. The minimum Gasteiger partial charge on any atom is -0.308 e. The van der Waals surface area contributed by atoms with Crippen LogP contribution < -0.4 is 10.9 Å². The number of fused-ring (bicyclic) bond motifs is 2. The molecule has 0 spiro atoms. The molecule has 0 unspecified atom stereocenters. The molecule has 0 fully saturated rings. The van der Waals surface area contributed by atoms with E-state index in [1.165, 1.54) is 0 Å². The van der Waals surface area contributed by atoms with Crippen molar-refractivity contribution in [1.29, 1.82) is 0 Å². The molecule has 4 nitrogen and oxygen atoms in total. The van der Waals surface area contributed by atoms with Gasteiger partial charge in [0, 0.05) is 0 Å². The first-order valence-electron chi connectivity index (χ1n) is 10.3. The summed E-state index contributed by atoms with van der Waals surface area (Å²) in [7, 11) is 0. The Morgan fingerprint density at radius 1 is 0.931 bits per heavy atom. The molecule has 0 saturated carbocycles. The predicted octanol–water partition coefficient (Wildman–Crippen LogP) is 5.24. The van der Waals surface area contributed by atoms with E-state index in [0.717, 1.165) is 40.8 Å². The molecule has 1 N–H and O–H groups in total. The second kappa shape index (κ2) is 8.18. The van der Waals surface area contributed by atoms with Gasteiger partial charge in [-0.25, -0.2) is 4.98 Å². The molecule has 0 aliphatic rings. The molecule has 1 atom stereocenters. The number of para-hydroxylation sites is 1. The molecule has 0 radical (unpaired) electrons. The maximum atomic E-state index is 13.5. The number of benzene rings is 3. The highest BCUT2D eigenvalue weighted by molar-refractivity contribution is 5.85. The molecule has 0 aliphatic heterocycles. The monoisotopic (exact) mass is 385 g/mol. The van der Waals surface area contributed by atoms with Gasteiger partial charge in [0.1, 0.15) is 5.82 Å². The van der Waals surface area contributed by atoms with E-state index < -0.39 is 0 Å². The van der Waals surface area contributed by atoms with E-state index in [1.54, 1.807) is 4.57 Å². The molecular weight excluding hydrogens is 358 g/mol. The maximum Gasteiger partial charge on any atom is 0.266 e. The van der Waals surface area contributed by atoms with E-state index in [2.05, 4.69) is 50.4 Å². The van der Waals surface area contributed by atoms with E-state index in [9.17, 15) is 4.79 Å². The lowest BCUT2D eigenvalue weighted by Crippen LogP contribution is -2.30. The van der Waals surface area contributed by atoms with Crippen LogP contribution in [0.4, 0.5) is 0 Å². The molecule has 4 rings (SSSR count). The summed E-state index contributed by atoms with van der Waals surface area (Å²) in [5, 5.41) is 6.45. The third kappa shape index (κ3) is 3.94. The summed E-state index contributed by atoms with van der Waals surface area (Å²) in [6.07, 6.45) is 1.08. The van der Waals surface area contributed by atoms with E-state index in [1.807, 2.05) is 42.5 Å². The second-order valence-electron chi connectivity index (χ2n) is 8.02. The molecule has 1 aromatic heterocycles. The fraction of sp³-hybridized carbons (Fsp3) is 0.280. The summed E-state index contributed by atoms with van der Waals surface area (Å²) in [4.78, 5) is 18.4. The molecule has 0 aliphatic carbocycles. The van der Waals surface area contributed by atoms with Gasteiger partial charge < -0.3 is 5.32 Å². The Kier molecular flexibility index (Phi) is 5.45. The maximum absolute atomic E-state index is 13.5. The predicted molar refractivity (Wildman–Crippen MR) is 121 cm³/mol. The number of aromatic nitrogens is 2. The first kappa shape index (κ1) is 19.3. The third-order valence-corrected chi connectivity index (χ3v) is 5.35. The van der Waals surface area contributed by atoms with Crippen molar-refractivity contribution in [2.24, 2.45) is 5.92 Å². The SMILES string of the molecule is CC(C)CCN[C@@H](C)c1nc2ccccc2c(=O)n1-c1ccc2ccccc2c1. The van der Waals surface area contributed by atoms with Crippen LogP contribution in [0.15, 0.2) is 71.5 Å². The van der Waals surface area contributed by atoms with Gasteiger partial charge in [-0.1, -0.05) is 56.3 Å². The van der Waals surface area contributed by atoms with E-state index in [-0.39, 0.29) is 11.6 Å². The summed E-state index contributed by atoms with van der Waals surface area (Å²) in [6, 6.07) is 21.9. The Morgan fingerprint density at radius 3 is 2.45 bits per heavy atom. The first-order valence-corrected chi connectivity index (χ1v) is 10.3. The van der Waals surface area contributed by atoms with E-state index >= 15 is 0 Å². The van der Waals surface area contributed by atoms with Gasteiger partial charge in [0.25, 0.3) is 5.56 Å². The highest BCUT2D eigenvalue weighted by Crippen LogP contribution is 2.22. The van der Waals surface area contributed by atoms with Crippen LogP contribution in [0.25, 0.3) is 27.4 Å². The molecule has 0 bridgehead atoms. The van der Waals surface area contributed by atoms with Crippen molar-refractivity contribution in [1.82, 2.24) is 14.9 Å². The summed E-state index contributed by atoms with van der Waals surface area (Å²) in [5.41, 5.74) is 1.56. The van der Waals surface area contributed by atoms with Crippen LogP contribution in [0.1, 0.15) is 39.1 Å². The Balaban J connectivity index is 1.87. The van der Waals surface area contributed by atoms with Crippen molar-refractivity contribution >= 4 is 21.7 Å². The number of nitrogens with one attached hydrogen (secondary N) is 1. The zero-order valence-electron chi connectivity index (χ0n) is 17.2. The lowest BCUT2D eigenvalue weighted by molar-refractivity contribution is 0.479. The van der Waals surface area contributed by atoms with Gasteiger partial charge >= 0.3 is 0 Å². The van der Waals surface area contributed by atoms with Gasteiger partial charge in [-0.05, 0) is 60.8 Å². The number of hydrogen-bond donors (Lipinski definition) is 1. The Hall–Kier alpha value is -2.98. The largest absolute Gasteiger partial charge is 0.308 e. The van der Waals surface area contributed by atoms with Crippen LogP contribution in [0.5, 0.6) is 0 Å². The average Bonchev–Trinajstić information content (AvgIpc) is 2.73. The van der Waals surface area contributed by atoms with Crippen LogP contribution in [0.2, 0.25) is 0 Å². The first-order chi connectivity index (χ1) is 14.0. The normalized spacial score (nSPS) is 12.7. The summed E-state index contributed by atoms with van der Waals surface area (Å²) < 4.78 is 1.77. The summed E-state index contributed by atoms with van der Waals surface area (Å²) in [6.45, 7) is 7.39. The number of hydrogen-bond acceptors (Lipinski definition) is 3. The smallest absolute Gasteiger partial charge is 0.266 e. The molecule has 4 aromatic rings. The lowest BCUT2D eigenvalue weighted by Gasteiger charge is -2.20. The van der Waals surface area contributed by atoms with Crippen molar-refractivity contribution in [2.75, 3.05) is 6.54 Å². The Bertz CT molecular complexity index is 1210. The van der Waals surface area contributed by atoms with Crippen molar-refractivity contribution in [3.05, 3.63) is 82.9 Å². The van der Waals surface area contributed by atoms with Crippen LogP contribution in [-0.2, 0) is 0 Å². The van der Waals surface area contributed by atoms with Crippen molar-refractivity contribution in [2.45, 2.75) is 33.2 Å². The summed E-state index contributed by atoms with van der Waals surface area (Å²) in [5.74, 6) is 1.37. The van der Waals surface area contributed by atoms with Gasteiger partial charge in [-0.15, -0.1) is 0 Å². The fourth-order valence-electron chi connectivity index (χ4n) is 3.69. The van der Waals surface area contributed by atoms with Crippen LogP contribution in [-0.4, -0.2) is 16.1 Å². The van der Waals surface area contributed by atoms with Crippen LogP contribution in [0.3, 0.4) is 0 Å². The molecule has 148 valence electrons. The average molecular weight is 386 g/mol. The van der Waals surface area contributed by atoms with Gasteiger partial charge in [-0.2, -0.15) is 0 Å². The molecule has 4 heteroatoms. The molecule has 3 aromatic carbocycles. The second-order valence-corrected chi connectivity index (χ2v) is 8.02. The standard InChI is InChI=1S/C25H27N3O/c1-17(2)14-15-26-18(3)24-27-23-11-7-6-10-22(23)25(29)28(24)21-13-12-19-8-4-5-9-20(19)16-21/h4-13,16-18,26H,14-15H2,1-3H3/t18-/m0/s1. The Morgan fingerprint density at radius 2 is 1.66 bits per heavy atom. The molecule has 0 saturated heterocycles. The zero-order valence-corrected chi connectivity index (χ0v) is 17.2. The van der Waals surface area contributed by atoms with Crippen LogP contribution in [0, 0.1) is 5.92 Å². The summed E-state index contributed by atoms with van der Waals surface area (Å²) >= 11 is 0. The molecule has 29 heavy (non-hydrogen) atoms. The minimum atomic E-state index is -0.0440. The van der Waals surface area contributed by atoms with Crippen molar-refractivity contribution in [3.8, 4) is 5.69 Å². The quantitative estimate of drug-likeness (QED) is 0.494. The van der Waals surface area contributed by atoms with E-state index in [4.69, 9.17) is 4.98 Å². The van der Waals surface area contributed by atoms with Crippen molar-refractivity contribution in [3.63, 3.8) is 0 Å². The van der Waals surface area contributed by atoms with Gasteiger partial charge in [0.2, 0.25) is 0 Å². The van der Waals surface area contributed by atoms with E-state index in [0.29, 0.717) is 11.3 Å². The molecule has 1 heterocycles. The number of rotatable bonds is 6. The molecule has 0 amide bonds. The third-order valence-electron chi connectivity index (χ3n) is 5.35. The molecular formula is C25H27N3O. The van der Waals surface area contributed by atoms with Crippen molar-refractivity contribution < 1.29 is 0 Å². The van der Waals surface area contributed by atoms with Crippen LogP contribution >= 0.6 is 0 Å². The topological polar surface area (TPSA) is 46.9 Å². The van der Waals surface area contributed by atoms with Gasteiger partial charge in [-0.3, -0.25) is 9.36 Å². The van der Waals surface area contributed by atoms with Gasteiger partial charge in [0.15, 0.2) is 0 Å². The number of nitrogens with zero attached hydrogens (tertiary/aromatic N) is 2. The zero-order chi connectivity index (χ0) is 20.4. The minimum absolute atomic E-state index is 0.0293. The Labute approximate surface area is 171 Å². The lowest BCUT2D eigenvalue weighted by atomic mass is 10.1. The highest BCUT2D eigenvalue weighted by Gasteiger charge is 2.18. The highest BCUT2D eigenvalue weighted by atomic mass is 16.1. The van der Waals surface area contributed by atoms with Gasteiger partial charge in [0.05, 0.1) is 22.6 Å².